The number of nitrogens with zero attached hydrogens (tertiary/aromatic N) is 1. The van der Waals surface area contributed by atoms with Crippen molar-refractivity contribution >= 4 is 17.9 Å². The molecular formula is C11H19N3O4. The second kappa shape index (κ2) is 5.81. The summed E-state index contributed by atoms with van der Waals surface area (Å²) in [6.07, 6.45) is 1.96. The van der Waals surface area contributed by atoms with E-state index in [0.29, 0.717) is 25.9 Å². The van der Waals surface area contributed by atoms with Crippen LogP contribution in [0.5, 0.6) is 0 Å². The van der Waals surface area contributed by atoms with Gasteiger partial charge in [0.2, 0.25) is 5.91 Å². The summed E-state index contributed by atoms with van der Waals surface area (Å²) in [7, 11) is 0. The number of nitrogens with two attached hydrogens (primary N) is 1. The van der Waals surface area contributed by atoms with E-state index in [-0.39, 0.29) is 6.42 Å². The van der Waals surface area contributed by atoms with Crippen LogP contribution < -0.4 is 11.1 Å². The van der Waals surface area contributed by atoms with E-state index in [9.17, 15) is 19.5 Å². The van der Waals surface area contributed by atoms with Crippen molar-refractivity contribution in [3.8, 4) is 0 Å². The van der Waals surface area contributed by atoms with Crippen molar-refractivity contribution in [2.75, 3.05) is 13.1 Å². The topological polar surface area (TPSA) is 113 Å². The monoisotopic (exact) mass is 257 g/mol. The van der Waals surface area contributed by atoms with Gasteiger partial charge in [0, 0.05) is 13.0 Å². The third-order valence-electron chi connectivity index (χ3n) is 3.48. The van der Waals surface area contributed by atoms with Crippen molar-refractivity contribution in [1.82, 2.24) is 10.2 Å². The van der Waals surface area contributed by atoms with E-state index in [0.717, 1.165) is 6.42 Å². The van der Waals surface area contributed by atoms with Gasteiger partial charge in [0.25, 0.3) is 0 Å². The first-order valence-electron chi connectivity index (χ1n) is 6.00. The van der Waals surface area contributed by atoms with Crippen LogP contribution in [-0.2, 0) is 9.59 Å². The molecule has 18 heavy (non-hydrogen) atoms. The number of urea groups is 1. The molecule has 0 aromatic carbocycles. The molecule has 1 atom stereocenters. The zero-order valence-electron chi connectivity index (χ0n) is 10.4. The maximum Gasteiger partial charge on any atom is 0.324 e. The molecule has 7 nitrogen and oxygen atoms in total. The molecule has 0 radical (unpaired) electrons. The van der Waals surface area contributed by atoms with Crippen molar-refractivity contribution in [2.24, 2.45) is 5.73 Å². The minimum atomic E-state index is -0.888. The van der Waals surface area contributed by atoms with E-state index >= 15 is 0 Å². The number of imide groups is 1. The van der Waals surface area contributed by atoms with E-state index in [2.05, 4.69) is 0 Å². The number of rotatable bonds is 5. The van der Waals surface area contributed by atoms with Gasteiger partial charge in [-0.15, -0.1) is 0 Å². The maximum atomic E-state index is 11.4. The largest absolute Gasteiger partial charge is 0.480 e. The maximum absolute atomic E-state index is 11.4. The van der Waals surface area contributed by atoms with Gasteiger partial charge in [-0.05, 0) is 25.8 Å². The van der Waals surface area contributed by atoms with Crippen LogP contribution in [0.25, 0.3) is 0 Å². The van der Waals surface area contributed by atoms with Crippen molar-refractivity contribution < 1.29 is 19.5 Å². The van der Waals surface area contributed by atoms with Crippen LogP contribution in [0.3, 0.4) is 0 Å². The first-order chi connectivity index (χ1) is 8.42. The summed E-state index contributed by atoms with van der Waals surface area (Å²) in [4.78, 5) is 34.9. The van der Waals surface area contributed by atoms with Crippen LogP contribution in [0.15, 0.2) is 0 Å². The third kappa shape index (κ3) is 2.98. The van der Waals surface area contributed by atoms with Crippen LogP contribution in [-0.4, -0.2) is 46.5 Å². The summed E-state index contributed by atoms with van der Waals surface area (Å²) in [5.41, 5.74) is 3.96. The summed E-state index contributed by atoms with van der Waals surface area (Å²) in [6.45, 7) is 2.80. The van der Waals surface area contributed by atoms with Gasteiger partial charge in [-0.1, -0.05) is 6.92 Å². The number of carboxylic acid groups (broad SMARTS) is 1. The predicted octanol–water partition coefficient (Wildman–Crippen LogP) is -0.0994. The van der Waals surface area contributed by atoms with Gasteiger partial charge in [-0.25, -0.2) is 4.79 Å². The highest BCUT2D eigenvalue weighted by molar-refractivity contribution is 5.93. The van der Waals surface area contributed by atoms with E-state index < -0.39 is 23.4 Å². The number of carbonyl (C=O) groups excluding carboxylic acids is 2. The van der Waals surface area contributed by atoms with E-state index in [1.54, 1.807) is 4.90 Å². The minimum Gasteiger partial charge on any atom is -0.480 e. The Balaban J connectivity index is 2.58. The molecule has 1 unspecified atom stereocenters. The predicted molar refractivity (Wildman–Crippen MR) is 63.8 cm³/mol. The van der Waals surface area contributed by atoms with Crippen molar-refractivity contribution in [2.45, 2.75) is 38.1 Å². The van der Waals surface area contributed by atoms with Gasteiger partial charge in [-0.2, -0.15) is 0 Å². The minimum absolute atomic E-state index is 0.0674. The summed E-state index contributed by atoms with van der Waals surface area (Å²) in [5.74, 6) is -1.33. The highest BCUT2D eigenvalue weighted by Crippen LogP contribution is 2.32. The lowest BCUT2D eigenvalue weighted by Crippen LogP contribution is -2.51. The Morgan fingerprint density at radius 1 is 1.44 bits per heavy atom. The molecule has 102 valence electrons. The standard InChI is InChI=1S/C11H19N3O4/c1-2-11(9(16)17)5-3-6-14(11)7-4-8(15)13-10(12)18/h2-7H2,1H3,(H,16,17)(H3,12,13,15,18). The number of hydrogen-bond donors (Lipinski definition) is 3. The number of nitrogens with one attached hydrogen (secondary N) is 1. The molecule has 0 aromatic rings. The first-order valence-corrected chi connectivity index (χ1v) is 6.00. The fraction of sp³-hybridized carbons (Fsp3) is 0.727. The van der Waals surface area contributed by atoms with Crippen molar-refractivity contribution in [3.05, 3.63) is 0 Å². The van der Waals surface area contributed by atoms with Crippen molar-refractivity contribution in [3.63, 3.8) is 0 Å². The second-order valence-electron chi connectivity index (χ2n) is 4.44. The molecule has 4 N–H and O–H groups in total. The van der Waals surface area contributed by atoms with Crippen LogP contribution in [0.4, 0.5) is 4.79 Å². The lowest BCUT2D eigenvalue weighted by atomic mass is 9.93. The number of primary amides is 1. The van der Waals surface area contributed by atoms with Gasteiger partial charge in [0.05, 0.1) is 0 Å². The molecule has 1 rings (SSSR count). The number of likely N-dealkylation sites (tertiary alicyclic amines) is 1. The molecule has 3 amide bonds. The molecule has 0 bridgehead atoms. The molecule has 1 fully saturated rings. The van der Waals surface area contributed by atoms with Crippen LogP contribution >= 0.6 is 0 Å². The number of aliphatic carboxylic acids is 1. The lowest BCUT2D eigenvalue weighted by Gasteiger charge is -2.33. The van der Waals surface area contributed by atoms with Gasteiger partial charge in [0.15, 0.2) is 0 Å². The molecule has 0 saturated carbocycles. The quantitative estimate of drug-likeness (QED) is 0.636. The van der Waals surface area contributed by atoms with Crippen LogP contribution in [0.1, 0.15) is 32.6 Å². The average molecular weight is 257 g/mol. The number of carbonyl (C=O) groups is 3. The first kappa shape index (κ1) is 14.4. The van der Waals surface area contributed by atoms with E-state index in [1.807, 2.05) is 12.2 Å². The zero-order valence-corrected chi connectivity index (χ0v) is 10.4. The fourth-order valence-electron chi connectivity index (χ4n) is 2.49. The summed E-state index contributed by atoms with van der Waals surface area (Å²) in [5, 5.41) is 11.3. The summed E-state index contributed by atoms with van der Waals surface area (Å²) < 4.78 is 0. The molecular weight excluding hydrogens is 238 g/mol. The molecule has 1 heterocycles. The van der Waals surface area contributed by atoms with Crippen LogP contribution in [0, 0.1) is 0 Å². The Morgan fingerprint density at radius 2 is 2.11 bits per heavy atom. The third-order valence-corrected chi connectivity index (χ3v) is 3.48. The van der Waals surface area contributed by atoms with Gasteiger partial charge in [0.1, 0.15) is 5.54 Å². The number of carboxylic acids is 1. The molecule has 1 saturated heterocycles. The molecule has 0 aromatic heterocycles. The number of hydrogen-bond acceptors (Lipinski definition) is 4. The van der Waals surface area contributed by atoms with Gasteiger partial charge in [-0.3, -0.25) is 19.8 Å². The Hall–Kier alpha value is -1.63. The van der Waals surface area contributed by atoms with Crippen molar-refractivity contribution in [1.29, 1.82) is 0 Å². The van der Waals surface area contributed by atoms with Crippen LogP contribution in [0.2, 0.25) is 0 Å². The van der Waals surface area contributed by atoms with Gasteiger partial charge < -0.3 is 10.8 Å². The molecule has 0 spiro atoms. The normalized spacial score (nSPS) is 23.8. The zero-order chi connectivity index (χ0) is 13.8. The summed E-state index contributed by atoms with van der Waals surface area (Å²) in [6, 6.07) is -0.888. The smallest absolute Gasteiger partial charge is 0.324 e. The van der Waals surface area contributed by atoms with E-state index in [1.165, 1.54) is 0 Å². The van der Waals surface area contributed by atoms with Gasteiger partial charge >= 0.3 is 12.0 Å². The SMILES string of the molecule is CCC1(C(=O)O)CCCN1CCC(=O)NC(N)=O. The molecule has 0 aliphatic carbocycles. The molecule has 7 heteroatoms. The summed E-state index contributed by atoms with van der Waals surface area (Å²) >= 11 is 0. The highest BCUT2D eigenvalue weighted by atomic mass is 16.4. The Bertz CT molecular complexity index is 358. The number of amides is 3. The Morgan fingerprint density at radius 3 is 2.61 bits per heavy atom. The highest BCUT2D eigenvalue weighted by Gasteiger charge is 2.45. The lowest BCUT2D eigenvalue weighted by molar-refractivity contribution is -0.150. The average Bonchev–Trinajstić information content (AvgIpc) is 2.69. The fourth-order valence-corrected chi connectivity index (χ4v) is 2.49. The van der Waals surface area contributed by atoms with E-state index in [4.69, 9.17) is 5.73 Å². The second-order valence-corrected chi connectivity index (χ2v) is 4.44. The Kier molecular flexibility index (Phi) is 4.66. The Labute approximate surface area is 105 Å². The molecule has 1 aliphatic rings. The molecule has 1 aliphatic heterocycles.